The molecule has 1 heterocycles. The van der Waals surface area contributed by atoms with Gasteiger partial charge in [-0.2, -0.15) is 0 Å². The second-order valence-electron chi connectivity index (χ2n) is 10.9. The molecule has 0 amide bonds. The van der Waals surface area contributed by atoms with Crippen LogP contribution in [0.1, 0.15) is 63.4 Å². The molecular formula is C32H39FSi. The molecule has 0 N–H and O–H groups in total. The van der Waals surface area contributed by atoms with Gasteiger partial charge in [0, 0.05) is 0 Å². The van der Waals surface area contributed by atoms with Crippen LogP contribution >= 0.6 is 0 Å². The SMILES string of the molecule is CCC[Si]1(c2ccccc2)CCC(C2CCC(c3ccccc3-c3ccc(F)cc3)CC2)CC1. The second-order valence-corrected chi connectivity index (χ2v) is 15.6. The van der Waals surface area contributed by atoms with E-state index in [9.17, 15) is 4.39 Å². The van der Waals surface area contributed by atoms with Crippen molar-refractivity contribution in [1.29, 1.82) is 0 Å². The molecule has 3 aromatic rings. The fourth-order valence-electron chi connectivity index (χ4n) is 7.26. The fourth-order valence-corrected chi connectivity index (χ4v) is 12.6. The Morgan fingerprint density at radius 3 is 2.00 bits per heavy atom. The molecule has 5 rings (SSSR count). The van der Waals surface area contributed by atoms with Crippen LogP contribution < -0.4 is 5.19 Å². The Morgan fingerprint density at radius 1 is 0.706 bits per heavy atom. The van der Waals surface area contributed by atoms with Crippen LogP contribution in [0.2, 0.25) is 18.1 Å². The molecule has 0 radical (unpaired) electrons. The molecule has 0 aromatic heterocycles. The van der Waals surface area contributed by atoms with Crippen LogP contribution in [0, 0.1) is 17.7 Å². The first-order valence-electron chi connectivity index (χ1n) is 13.6. The Labute approximate surface area is 206 Å². The van der Waals surface area contributed by atoms with Crippen molar-refractivity contribution < 1.29 is 4.39 Å². The lowest BCUT2D eigenvalue weighted by Gasteiger charge is -2.43. The van der Waals surface area contributed by atoms with Crippen LogP contribution in [0.3, 0.4) is 0 Å². The zero-order valence-electron chi connectivity index (χ0n) is 20.7. The molecule has 34 heavy (non-hydrogen) atoms. The van der Waals surface area contributed by atoms with Crippen molar-refractivity contribution in [2.75, 3.05) is 0 Å². The van der Waals surface area contributed by atoms with Gasteiger partial charge in [0.2, 0.25) is 0 Å². The van der Waals surface area contributed by atoms with E-state index in [1.165, 1.54) is 74.2 Å². The summed E-state index contributed by atoms with van der Waals surface area (Å²) in [6.07, 6.45) is 9.61. The Hall–Kier alpha value is -2.19. The fraction of sp³-hybridized carbons (Fsp3) is 0.438. The molecule has 178 valence electrons. The van der Waals surface area contributed by atoms with E-state index in [4.69, 9.17) is 0 Å². The summed E-state index contributed by atoms with van der Waals surface area (Å²) in [6.45, 7) is 2.38. The average molecular weight is 471 g/mol. The van der Waals surface area contributed by atoms with Gasteiger partial charge >= 0.3 is 0 Å². The van der Waals surface area contributed by atoms with E-state index in [-0.39, 0.29) is 5.82 Å². The van der Waals surface area contributed by atoms with Crippen LogP contribution in [0.15, 0.2) is 78.9 Å². The molecule has 1 aliphatic heterocycles. The second kappa shape index (κ2) is 10.6. The van der Waals surface area contributed by atoms with E-state index in [1.807, 2.05) is 12.1 Å². The molecule has 0 bridgehead atoms. The standard InChI is InChI=1S/C32H39FSi/c1-2-22-34(30-8-4-3-5-9-30)23-20-26(21-24-34)25-12-14-27(15-13-25)31-10-6-7-11-32(31)28-16-18-29(33)19-17-28/h3-11,16-19,25-27H,2,12-15,20-24H2,1H3. The Balaban J connectivity index is 1.23. The summed E-state index contributed by atoms with van der Waals surface area (Å²) in [5.74, 6) is 2.33. The molecule has 0 unspecified atom stereocenters. The third-order valence-corrected chi connectivity index (χ3v) is 14.6. The summed E-state index contributed by atoms with van der Waals surface area (Å²) in [4.78, 5) is 0. The summed E-state index contributed by atoms with van der Waals surface area (Å²) < 4.78 is 13.5. The predicted molar refractivity (Wildman–Crippen MR) is 146 cm³/mol. The third-order valence-electron chi connectivity index (χ3n) is 9.10. The molecular weight excluding hydrogens is 431 g/mol. The van der Waals surface area contributed by atoms with Crippen molar-refractivity contribution in [2.24, 2.45) is 11.8 Å². The maximum Gasteiger partial charge on any atom is 0.123 e. The third kappa shape index (κ3) is 4.93. The van der Waals surface area contributed by atoms with Gasteiger partial charge in [-0.15, -0.1) is 0 Å². The monoisotopic (exact) mass is 470 g/mol. The minimum Gasteiger partial charge on any atom is -0.207 e. The van der Waals surface area contributed by atoms with Gasteiger partial charge in [0.15, 0.2) is 0 Å². The first-order chi connectivity index (χ1) is 16.7. The maximum atomic E-state index is 13.5. The first kappa shape index (κ1) is 23.5. The van der Waals surface area contributed by atoms with E-state index < -0.39 is 8.07 Å². The van der Waals surface area contributed by atoms with E-state index >= 15 is 0 Å². The molecule has 3 aromatic carbocycles. The van der Waals surface area contributed by atoms with Crippen molar-refractivity contribution in [2.45, 2.75) is 75.9 Å². The topological polar surface area (TPSA) is 0 Å². The van der Waals surface area contributed by atoms with Crippen molar-refractivity contribution >= 4 is 13.3 Å². The van der Waals surface area contributed by atoms with Crippen LogP contribution in [-0.2, 0) is 0 Å². The van der Waals surface area contributed by atoms with Gasteiger partial charge in [-0.3, -0.25) is 0 Å². The number of halogens is 1. The van der Waals surface area contributed by atoms with Gasteiger partial charge in [-0.05, 0) is 72.3 Å². The van der Waals surface area contributed by atoms with Crippen LogP contribution in [0.4, 0.5) is 4.39 Å². The highest BCUT2D eigenvalue weighted by atomic mass is 28.3. The maximum absolute atomic E-state index is 13.5. The highest BCUT2D eigenvalue weighted by Crippen LogP contribution is 2.47. The van der Waals surface area contributed by atoms with Gasteiger partial charge in [0.25, 0.3) is 0 Å². The largest absolute Gasteiger partial charge is 0.207 e. The van der Waals surface area contributed by atoms with E-state index in [1.54, 1.807) is 17.3 Å². The predicted octanol–water partition coefficient (Wildman–Crippen LogP) is 8.94. The number of rotatable bonds is 6. The summed E-state index contributed by atoms with van der Waals surface area (Å²) in [6, 6.07) is 31.9. The highest BCUT2D eigenvalue weighted by molar-refractivity contribution is 6.92. The zero-order valence-corrected chi connectivity index (χ0v) is 21.7. The van der Waals surface area contributed by atoms with Crippen molar-refractivity contribution in [3.05, 3.63) is 90.2 Å². The van der Waals surface area contributed by atoms with Crippen LogP contribution in [0.5, 0.6) is 0 Å². The highest BCUT2D eigenvalue weighted by Gasteiger charge is 2.40. The summed E-state index contributed by atoms with van der Waals surface area (Å²) in [5, 5.41) is 1.72. The van der Waals surface area contributed by atoms with Gasteiger partial charge < -0.3 is 0 Å². The Morgan fingerprint density at radius 2 is 1.32 bits per heavy atom. The number of hydrogen-bond acceptors (Lipinski definition) is 0. The summed E-state index contributed by atoms with van der Waals surface area (Å²) in [5.41, 5.74) is 3.90. The molecule has 0 nitrogen and oxygen atoms in total. The zero-order chi connectivity index (χ0) is 23.4. The average Bonchev–Trinajstić information content (AvgIpc) is 2.90. The molecule has 0 atom stereocenters. The van der Waals surface area contributed by atoms with Crippen molar-refractivity contribution in [3.63, 3.8) is 0 Å². The van der Waals surface area contributed by atoms with Gasteiger partial charge in [-0.1, -0.05) is 116 Å². The van der Waals surface area contributed by atoms with E-state index in [0.29, 0.717) is 5.92 Å². The lowest BCUT2D eigenvalue weighted by atomic mass is 9.71. The van der Waals surface area contributed by atoms with Gasteiger partial charge in [-0.25, -0.2) is 4.39 Å². The minimum atomic E-state index is -1.31. The van der Waals surface area contributed by atoms with E-state index in [0.717, 1.165) is 17.4 Å². The Kier molecular flexibility index (Phi) is 7.34. The van der Waals surface area contributed by atoms with Crippen molar-refractivity contribution in [3.8, 4) is 11.1 Å². The van der Waals surface area contributed by atoms with E-state index in [2.05, 4.69) is 61.5 Å². The van der Waals surface area contributed by atoms with Gasteiger partial charge in [0.05, 0.1) is 8.07 Å². The molecule has 2 fully saturated rings. The molecule has 2 aliphatic rings. The van der Waals surface area contributed by atoms with Crippen LogP contribution in [0.25, 0.3) is 11.1 Å². The quantitative estimate of drug-likeness (QED) is 0.315. The number of benzene rings is 3. The van der Waals surface area contributed by atoms with Crippen molar-refractivity contribution in [1.82, 2.24) is 0 Å². The molecule has 0 spiro atoms. The first-order valence-corrected chi connectivity index (χ1v) is 16.2. The molecule has 1 aliphatic carbocycles. The molecule has 2 heteroatoms. The smallest absolute Gasteiger partial charge is 0.123 e. The van der Waals surface area contributed by atoms with Gasteiger partial charge in [0.1, 0.15) is 5.82 Å². The minimum absolute atomic E-state index is 0.160. The Bertz CT molecular complexity index is 1040. The molecule has 1 saturated carbocycles. The summed E-state index contributed by atoms with van der Waals surface area (Å²) in [7, 11) is -1.31. The molecule has 1 saturated heterocycles. The normalized spacial score (nSPS) is 27.4. The lowest BCUT2D eigenvalue weighted by Crippen LogP contribution is -2.50. The summed E-state index contributed by atoms with van der Waals surface area (Å²) >= 11 is 0. The van der Waals surface area contributed by atoms with Crippen LogP contribution in [-0.4, -0.2) is 8.07 Å². The number of hydrogen-bond donors (Lipinski definition) is 0. The lowest BCUT2D eigenvalue weighted by molar-refractivity contribution is 0.215.